The van der Waals surface area contributed by atoms with E-state index in [1.165, 1.54) is 0 Å². The molecule has 106 valence electrons. The third-order valence-corrected chi connectivity index (χ3v) is 3.41. The normalized spacial score (nSPS) is 20.7. The molecule has 0 saturated carbocycles. The highest BCUT2D eigenvalue weighted by Gasteiger charge is 2.20. The van der Waals surface area contributed by atoms with Crippen LogP contribution in [0.5, 0.6) is 0 Å². The first-order valence-electron chi connectivity index (χ1n) is 6.86. The van der Waals surface area contributed by atoms with Crippen LogP contribution in [0.25, 0.3) is 0 Å². The zero-order chi connectivity index (χ0) is 13.8. The van der Waals surface area contributed by atoms with Gasteiger partial charge < -0.3 is 10.6 Å². The number of rotatable bonds is 4. The summed E-state index contributed by atoms with van der Waals surface area (Å²) in [5, 5.41) is 10.5. The van der Waals surface area contributed by atoms with Gasteiger partial charge in [0.05, 0.1) is 12.7 Å². The molecule has 1 aliphatic rings. The van der Waals surface area contributed by atoms with Crippen LogP contribution in [0.3, 0.4) is 0 Å². The van der Waals surface area contributed by atoms with Gasteiger partial charge in [-0.15, -0.1) is 0 Å². The van der Waals surface area contributed by atoms with E-state index < -0.39 is 0 Å². The summed E-state index contributed by atoms with van der Waals surface area (Å²) in [6.45, 7) is 9.46. The standard InChI is InChI=1S/C13H23N5O/c1-10(2)18-12(4-5-15-18)16-13(19)9-17-7-6-14-8-11(17)3/h4-5,10-11,14H,6-9H2,1-3H3,(H,16,19). The molecule has 0 aromatic carbocycles. The molecule has 1 atom stereocenters. The molecule has 0 aliphatic carbocycles. The van der Waals surface area contributed by atoms with Crippen molar-refractivity contribution >= 4 is 11.7 Å². The molecule has 6 nitrogen and oxygen atoms in total. The lowest BCUT2D eigenvalue weighted by Gasteiger charge is -2.33. The van der Waals surface area contributed by atoms with Crippen LogP contribution in [0.2, 0.25) is 0 Å². The molecule has 1 fully saturated rings. The molecule has 0 bridgehead atoms. The second kappa shape index (κ2) is 6.16. The van der Waals surface area contributed by atoms with E-state index in [2.05, 4.69) is 27.6 Å². The second-order valence-corrected chi connectivity index (χ2v) is 5.33. The molecule has 2 N–H and O–H groups in total. The van der Waals surface area contributed by atoms with Gasteiger partial charge in [0, 0.05) is 37.8 Å². The molecule has 2 rings (SSSR count). The Morgan fingerprint density at radius 2 is 2.42 bits per heavy atom. The van der Waals surface area contributed by atoms with Crippen LogP contribution in [0.4, 0.5) is 5.82 Å². The number of piperazine rings is 1. The Hall–Kier alpha value is -1.40. The third kappa shape index (κ3) is 3.54. The van der Waals surface area contributed by atoms with Crippen molar-refractivity contribution < 1.29 is 4.79 Å². The summed E-state index contributed by atoms with van der Waals surface area (Å²) in [7, 11) is 0. The van der Waals surface area contributed by atoms with Gasteiger partial charge in [-0.2, -0.15) is 5.10 Å². The van der Waals surface area contributed by atoms with Gasteiger partial charge in [0.2, 0.25) is 5.91 Å². The first kappa shape index (κ1) is 14.0. The van der Waals surface area contributed by atoms with Crippen molar-refractivity contribution in [2.24, 2.45) is 0 Å². The highest BCUT2D eigenvalue weighted by atomic mass is 16.2. The van der Waals surface area contributed by atoms with Gasteiger partial charge in [-0.05, 0) is 20.8 Å². The summed E-state index contributed by atoms with van der Waals surface area (Å²) < 4.78 is 1.82. The van der Waals surface area contributed by atoms with Crippen molar-refractivity contribution in [1.29, 1.82) is 0 Å². The van der Waals surface area contributed by atoms with Crippen molar-refractivity contribution in [2.75, 3.05) is 31.5 Å². The van der Waals surface area contributed by atoms with E-state index in [-0.39, 0.29) is 11.9 Å². The van der Waals surface area contributed by atoms with Crippen molar-refractivity contribution in [3.8, 4) is 0 Å². The van der Waals surface area contributed by atoms with Gasteiger partial charge in [0.15, 0.2) is 0 Å². The van der Waals surface area contributed by atoms with E-state index in [4.69, 9.17) is 0 Å². The SMILES string of the molecule is CC1CNCCN1CC(=O)Nc1ccnn1C(C)C. The maximum atomic E-state index is 12.1. The van der Waals surface area contributed by atoms with Crippen molar-refractivity contribution in [3.63, 3.8) is 0 Å². The number of amides is 1. The summed E-state index contributed by atoms with van der Waals surface area (Å²) in [4.78, 5) is 14.3. The summed E-state index contributed by atoms with van der Waals surface area (Å²) in [5.74, 6) is 0.791. The van der Waals surface area contributed by atoms with Crippen LogP contribution in [0, 0.1) is 0 Å². The minimum atomic E-state index is 0.0242. The van der Waals surface area contributed by atoms with Gasteiger partial charge in [0.1, 0.15) is 5.82 Å². The van der Waals surface area contributed by atoms with E-state index in [9.17, 15) is 4.79 Å². The second-order valence-electron chi connectivity index (χ2n) is 5.33. The lowest BCUT2D eigenvalue weighted by molar-refractivity contribution is -0.118. The van der Waals surface area contributed by atoms with E-state index in [0.717, 1.165) is 25.5 Å². The van der Waals surface area contributed by atoms with E-state index in [0.29, 0.717) is 12.6 Å². The fraction of sp³-hybridized carbons (Fsp3) is 0.692. The van der Waals surface area contributed by atoms with Crippen LogP contribution in [0.15, 0.2) is 12.3 Å². The average Bonchev–Trinajstić information content (AvgIpc) is 2.80. The first-order valence-corrected chi connectivity index (χ1v) is 6.86. The van der Waals surface area contributed by atoms with Crippen LogP contribution in [0.1, 0.15) is 26.8 Å². The van der Waals surface area contributed by atoms with Gasteiger partial charge >= 0.3 is 0 Å². The molecule has 0 spiro atoms. The smallest absolute Gasteiger partial charge is 0.239 e. The summed E-state index contributed by atoms with van der Waals surface area (Å²) in [5.41, 5.74) is 0. The quantitative estimate of drug-likeness (QED) is 0.841. The molecule has 1 unspecified atom stereocenters. The monoisotopic (exact) mass is 265 g/mol. The predicted molar refractivity (Wildman–Crippen MR) is 75.1 cm³/mol. The number of aromatic nitrogens is 2. The molecule has 19 heavy (non-hydrogen) atoms. The lowest BCUT2D eigenvalue weighted by Crippen LogP contribution is -2.52. The molecule has 1 aliphatic heterocycles. The van der Waals surface area contributed by atoms with E-state index in [1.54, 1.807) is 6.20 Å². The largest absolute Gasteiger partial charge is 0.314 e. The molecule has 1 aromatic rings. The van der Waals surface area contributed by atoms with Crippen LogP contribution >= 0.6 is 0 Å². The molecule has 1 aromatic heterocycles. The predicted octanol–water partition coefficient (Wildman–Crippen LogP) is 0.696. The fourth-order valence-corrected chi connectivity index (χ4v) is 2.31. The molecule has 0 radical (unpaired) electrons. The summed E-state index contributed by atoms with van der Waals surface area (Å²) in [6, 6.07) is 2.47. The fourth-order valence-electron chi connectivity index (χ4n) is 2.31. The third-order valence-electron chi connectivity index (χ3n) is 3.41. The zero-order valence-corrected chi connectivity index (χ0v) is 11.9. The van der Waals surface area contributed by atoms with E-state index in [1.807, 2.05) is 24.6 Å². The Morgan fingerprint density at radius 1 is 1.63 bits per heavy atom. The summed E-state index contributed by atoms with van der Waals surface area (Å²) >= 11 is 0. The minimum absolute atomic E-state index is 0.0242. The number of carbonyl (C=O) groups excluding carboxylic acids is 1. The maximum absolute atomic E-state index is 12.1. The lowest BCUT2D eigenvalue weighted by atomic mass is 10.2. The molecule has 1 amide bonds. The maximum Gasteiger partial charge on any atom is 0.239 e. The van der Waals surface area contributed by atoms with Crippen LogP contribution in [-0.2, 0) is 4.79 Å². The molecular formula is C13H23N5O. The number of hydrogen-bond acceptors (Lipinski definition) is 4. The summed E-state index contributed by atoms with van der Waals surface area (Å²) in [6.07, 6.45) is 1.71. The Bertz CT molecular complexity index is 428. The Labute approximate surface area is 114 Å². The van der Waals surface area contributed by atoms with Gasteiger partial charge in [-0.3, -0.25) is 9.69 Å². The molecular weight excluding hydrogens is 242 g/mol. The van der Waals surface area contributed by atoms with Gasteiger partial charge in [-0.25, -0.2) is 4.68 Å². The Kier molecular flexibility index (Phi) is 4.55. The Balaban J connectivity index is 1.92. The zero-order valence-electron chi connectivity index (χ0n) is 11.9. The van der Waals surface area contributed by atoms with Gasteiger partial charge in [0.25, 0.3) is 0 Å². The molecule has 1 saturated heterocycles. The Morgan fingerprint density at radius 3 is 3.11 bits per heavy atom. The van der Waals surface area contributed by atoms with E-state index >= 15 is 0 Å². The van der Waals surface area contributed by atoms with Gasteiger partial charge in [-0.1, -0.05) is 0 Å². The van der Waals surface area contributed by atoms with Crippen molar-refractivity contribution in [2.45, 2.75) is 32.9 Å². The van der Waals surface area contributed by atoms with Crippen molar-refractivity contribution in [1.82, 2.24) is 20.0 Å². The van der Waals surface area contributed by atoms with Crippen LogP contribution in [-0.4, -0.2) is 52.8 Å². The highest BCUT2D eigenvalue weighted by Crippen LogP contribution is 2.13. The molecule has 6 heteroatoms. The average molecular weight is 265 g/mol. The topological polar surface area (TPSA) is 62.2 Å². The highest BCUT2D eigenvalue weighted by molar-refractivity contribution is 5.91. The number of carbonyl (C=O) groups is 1. The number of nitrogens with one attached hydrogen (secondary N) is 2. The number of hydrogen-bond donors (Lipinski definition) is 2. The number of anilines is 1. The minimum Gasteiger partial charge on any atom is -0.314 e. The van der Waals surface area contributed by atoms with Crippen LogP contribution < -0.4 is 10.6 Å². The molecule has 2 heterocycles. The first-order chi connectivity index (χ1) is 9.08. The number of nitrogens with zero attached hydrogens (tertiary/aromatic N) is 3. The van der Waals surface area contributed by atoms with Crippen molar-refractivity contribution in [3.05, 3.63) is 12.3 Å².